The highest BCUT2D eigenvalue weighted by molar-refractivity contribution is 5.84. The number of hydrogen-bond acceptors (Lipinski definition) is 3. The van der Waals surface area contributed by atoms with Gasteiger partial charge in [0, 0.05) is 36.1 Å². The minimum absolute atomic E-state index is 0.116. The fraction of sp³-hybridized carbons (Fsp3) is 0.100. The average molecular weight is 318 g/mol. The van der Waals surface area contributed by atoms with Gasteiger partial charge >= 0.3 is 0 Å². The van der Waals surface area contributed by atoms with Crippen LogP contribution in [0.5, 0.6) is 0 Å². The van der Waals surface area contributed by atoms with E-state index >= 15 is 0 Å². The van der Waals surface area contributed by atoms with E-state index in [9.17, 15) is 10.1 Å². The monoisotopic (exact) mass is 318 g/mol. The molecule has 120 valence electrons. The molecule has 0 aliphatic rings. The molecule has 0 aromatic heterocycles. The van der Waals surface area contributed by atoms with Gasteiger partial charge in [0.05, 0.1) is 4.92 Å². The van der Waals surface area contributed by atoms with E-state index in [0.29, 0.717) is 0 Å². The van der Waals surface area contributed by atoms with Gasteiger partial charge in [-0.05, 0) is 42.3 Å². The summed E-state index contributed by atoms with van der Waals surface area (Å²) in [4.78, 5) is 12.7. The molecule has 3 aromatic rings. The van der Waals surface area contributed by atoms with E-state index in [2.05, 4.69) is 23.1 Å². The molecule has 24 heavy (non-hydrogen) atoms. The molecule has 0 heterocycles. The van der Waals surface area contributed by atoms with E-state index in [-0.39, 0.29) is 10.6 Å². The van der Waals surface area contributed by atoms with E-state index in [0.717, 1.165) is 28.1 Å². The molecule has 0 unspecified atom stereocenters. The third-order valence-electron chi connectivity index (χ3n) is 4.12. The number of rotatable bonds is 4. The van der Waals surface area contributed by atoms with Gasteiger partial charge in [-0.25, -0.2) is 0 Å². The topological polar surface area (TPSA) is 46.4 Å². The van der Waals surface area contributed by atoms with Crippen molar-refractivity contribution in [3.63, 3.8) is 0 Å². The minimum Gasteiger partial charge on any atom is -0.344 e. The van der Waals surface area contributed by atoms with Gasteiger partial charge in [0.1, 0.15) is 0 Å². The fourth-order valence-electron chi connectivity index (χ4n) is 2.85. The molecule has 0 N–H and O–H groups in total. The molecule has 0 aliphatic carbocycles. The van der Waals surface area contributed by atoms with Crippen molar-refractivity contribution < 1.29 is 4.92 Å². The number of hydrogen-bond donors (Lipinski definition) is 0. The van der Waals surface area contributed by atoms with Gasteiger partial charge in [-0.1, -0.05) is 36.4 Å². The third-order valence-corrected chi connectivity index (χ3v) is 4.12. The summed E-state index contributed by atoms with van der Waals surface area (Å²) < 4.78 is 0. The number of para-hydroxylation sites is 2. The lowest BCUT2D eigenvalue weighted by Gasteiger charge is -2.23. The number of nitrogens with zero attached hydrogens (tertiary/aromatic N) is 2. The third kappa shape index (κ3) is 2.99. The van der Waals surface area contributed by atoms with Crippen LogP contribution in [-0.2, 0) is 0 Å². The van der Waals surface area contributed by atoms with Crippen LogP contribution in [0.4, 0.5) is 17.1 Å². The zero-order valence-corrected chi connectivity index (χ0v) is 13.6. The van der Waals surface area contributed by atoms with Crippen molar-refractivity contribution in [3.8, 4) is 11.1 Å². The molecule has 4 nitrogen and oxygen atoms in total. The highest BCUT2D eigenvalue weighted by Gasteiger charge is 2.14. The Morgan fingerprint density at radius 1 is 0.875 bits per heavy atom. The zero-order chi connectivity index (χ0) is 17.1. The molecule has 0 radical (unpaired) electrons. The van der Waals surface area contributed by atoms with Crippen LogP contribution < -0.4 is 4.90 Å². The van der Waals surface area contributed by atoms with Crippen LogP contribution in [0.2, 0.25) is 0 Å². The van der Waals surface area contributed by atoms with Gasteiger partial charge in [0.15, 0.2) is 0 Å². The molecule has 0 fully saturated rings. The SMILES string of the molecule is Cc1cc([N+](=O)[O-])ccc1-c1ccccc1N(C)c1ccccc1. The van der Waals surface area contributed by atoms with Crippen LogP contribution in [0.25, 0.3) is 11.1 Å². The van der Waals surface area contributed by atoms with Crippen molar-refractivity contribution >= 4 is 17.1 Å². The Kier molecular flexibility index (Phi) is 4.29. The van der Waals surface area contributed by atoms with Gasteiger partial charge in [-0.15, -0.1) is 0 Å². The van der Waals surface area contributed by atoms with Crippen molar-refractivity contribution in [1.82, 2.24) is 0 Å². The quantitative estimate of drug-likeness (QED) is 0.482. The van der Waals surface area contributed by atoms with Gasteiger partial charge < -0.3 is 4.90 Å². The second kappa shape index (κ2) is 6.54. The Labute approximate surface area is 141 Å². The van der Waals surface area contributed by atoms with Gasteiger partial charge in [-0.3, -0.25) is 10.1 Å². The van der Waals surface area contributed by atoms with Crippen molar-refractivity contribution in [2.75, 3.05) is 11.9 Å². The Morgan fingerprint density at radius 2 is 1.54 bits per heavy atom. The standard InChI is InChI=1S/C20H18N2O2/c1-15-14-17(22(23)24)12-13-18(15)19-10-6-7-11-20(19)21(2)16-8-4-3-5-9-16/h3-14H,1-2H3. The van der Waals surface area contributed by atoms with Crippen molar-refractivity contribution in [1.29, 1.82) is 0 Å². The van der Waals surface area contributed by atoms with Crippen molar-refractivity contribution in [3.05, 3.63) is 88.5 Å². The first-order valence-electron chi connectivity index (χ1n) is 7.71. The maximum Gasteiger partial charge on any atom is 0.269 e. The number of non-ortho nitro benzene ring substituents is 1. The maximum atomic E-state index is 11.0. The van der Waals surface area contributed by atoms with E-state index in [1.54, 1.807) is 12.1 Å². The summed E-state index contributed by atoms with van der Waals surface area (Å²) in [6.07, 6.45) is 0. The van der Waals surface area contributed by atoms with Crippen LogP contribution >= 0.6 is 0 Å². The molecule has 0 spiro atoms. The van der Waals surface area contributed by atoms with Crippen LogP contribution in [-0.4, -0.2) is 12.0 Å². The highest BCUT2D eigenvalue weighted by atomic mass is 16.6. The molecule has 0 aliphatic heterocycles. The summed E-state index contributed by atoms with van der Waals surface area (Å²) >= 11 is 0. The molecule has 0 saturated carbocycles. The van der Waals surface area contributed by atoms with E-state index in [4.69, 9.17) is 0 Å². The molecule has 3 aromatic carbocycles. The van der Waals surface area contributed by atoms with Crippen LogP contribution in [0.3, 0.4) is 0 Å². The number of nitro benzene ring substituents is 1. The molecule has 0 saturated heterocycles. The minimum atomic E-state index is -0.362. The molecule has 4 heteroatoms. The second-order valence-corrected chi connectivity index (χ2v) is 5.67. The number of aryl methyl sites for hydroxylation is 1. The average Bonchev–Trinajstić information content (AvgIpc) is 2.62. The van der Waals surface area contributed by atoms with Gasteiger partial charge in [0.25, 0.3) is 5.69 Å². The maximum absolute atomic E-state index is 11.0. The largest absolute Gasteiger partial charge is 0.344 e. The molecule has 0 amide bonds. The summed E-state index contributed by atoms with van der Waals surface area (Å²) in [5, 5.41) is 11.0. The predicted octanol–water partition coefficient (Wildman–Crippen LogP) is 5.34. The Bertz CT molecular complexity index is 876. The molecular formula is C20H18N2O2. The number of anilines is 2. The number of nitro groups is 1. The van der Waals surface area contributed by atoms with Crippen LogP contribution in [0.15, 0.2) is 72.8 Å². The molecular weight excluding hydrogens is 300 g/mol. The molecule has 3 rings (SSSR count). The number of benzene rings is 3. The lowest BCUT2D eigenvalue weighted by molar-refractivity contribution is -0.384. The Hall–Kier alpha value is -3.14. The summed E-state index contributed by atoms with van der Waals surface area (Å²) in [6.45, 7) is 1.90. The van der Waals surface area contributed by atoms with E-state index in [1.807, 2.05) is 56.4 Å². The predicted molar refractivity (Wildman–Crippen MR) is 97.8 cm³/mol. The fourth-order valence-corrected chi connectivity index (χ4v) is 2.85. The lowest BCUT2D eigenvalue weighted by Crippen LogP contribution is -2.10. The molecule has 0 atom stereocenters. The normalized spacial score (nSPS) is 10.4. The molecule has 0 bridgehead atoms. The Morgan fingerprint density at radius 3 is 2.21 bits per heavy atom. The van der Waals surface area contributed by atoms with Crippen molar-refractivity contribution in [2.24, 2.45) is 0 Å². The zero-order valence-electron chi connectivity index (χ0n) is 13.6. The van der Waals surface area contributed by atoms with Gasteiger partial charge in [0.2, 0.25) is 0 Å². The summed E-state index contributed by atoms with van der Waals surface area (Å²) in [5.41, 5.74) is 5.20. The first-order valence-corrected chi connectivity index (χ1v) is 7.71. The highest BCUT2D eigenvalue weighted by Crippen LogP contribution is 2.36. The summed E-state index contributed by atoms with van der Waals surface area (Å²) in [7, 11) is 2.02. The van der Waals surface area contributed by atoms with Crippen LogP contribution in [0, 0.1) is 17.0 Å². The summed E-state index contributed by atoms with van der Waals surface area (Å²) in [6, 6.07) is 23.2. The van der Waals surface area contributed by atoms with E-state index < -0.39 is 0 Å². The van der Waals surface area contributed by atoms with Crippen molar-refractivity contribution in [2.45, 2.75) is 6.92 Å². The van der Waals surface area contributed by atoms with Gasteiger partial charge in [-0.2, -0.15) is 0 Å². The second-order valence-electron chi connectivity index (χ2n) is 5.67. The first-order chi connectivity index (χ1) is 11.6. The first kappa shape index (κ1) is 15.7. The lowest BCUT2D eigenvalue weighted by atomic mass is 9.98. The van der Waals surface area contributed by atoms with Crippen LogP contribution in [0.1, 0.15) is 5.56 Å². The van der Waals surface area contributed by atoms with E-state index in [1.165, 1.54) is 0 Å². The summed E-state index contributed by atoms with van der Waals surface area (Å²) in [5.74, 6) is 0. The smallest absolute Gasteiger partial charge is 0.269 e. The Balaban J connectivity index is 2.09.